The van der Waals surface area contributed by atoms with Crippen molar-refractivity contribution in [2.24, 2.45) is 7.05 Å². The van der Waals surface area contributed by atoms with E-state index in [9.17, 15) is 4.79 Å². The average molecular weight is 412 g/mol. The lowest BCUT2D eigenvalue weighted by Crippen LogP contribution is -2.48. The van der Waals surface area contributed by atoms with E-state index in [-0.39, 0.29) is 5.91 Å². The standard InChI is InChI=1S/C25H25N5O/c1-18-6-3-9-21(16-18)29-12-14-30(15-13-29)25(31)20-8-4-7-19(17-20)23-27-22-10-5-11-26-24(22)28(23)2/h3-11,16-17H,12-15H2,1-2H3. The predicted molar refractivity (Wildman–Crippen MR) is 123 cm³/mol. The first-order valence-electron chi connectivity index (χ1n) is 10.6. The second-order valence-electron chi connectivity index (χ2n) is 8.04. The number of anilines is 1. The monoisotopic (exact) mass is 411 g/mol. The highest BCUT2D eigenvalue weighted by Crippen LogP contribution is 2.24. The Morgan fingerprint density at radius 2 is 1.74 bits per heavy atom. The van der Waals surface area contributed by atoms with E-state index < -0.39 is 0 Å². The number of nitrogens with zero attached hydrogens (tertiary/aromatic N) is 5. The molecule has 0 N–H and O–H groups in total. The first-order chi connectivity index (χ1) is 15.1. The van der Waals surface area contributed by atoms with E-state index >= 15 is 0 Å². The van der Waals surface area contributed by atoms with E-state index in [1.807, 2.05) is 52.9 Å². The van der Waals surface area contributed by atoms with Crippen LogP contribution in [0, 0.1) is 6.92 Å². The van der Waals surface area contributed by atoms with Gasteiger partial charge in [0.15, 0.2) is 5.65 Å². The van der Waals surface area contributed by atoms with Crippen molar-refractivity contribution >= 4 is 22.8 Å². The molecule has 31 heavy (non-hydrogen) atoms. The third-order valence-electron chi connectivity index (χ3n) is 5.93. The molecule has 0 spiro atoms. The summed E-state index contributed by atoms with van der Waals surface area (Å²) in [5.74, 6) is 0.884. The second-order valence-corrected chi connectivity index (χ2v) is 8.04. The van der Waals surface area contributed by atoms with E-state index in [0.29, 0.717) is 18.7 Å². The minimum atomic E-state index is 0.0719. The number of hydrogen-bond acceptors (Lipinski definition) is 4. The number of benzene rings is 2. The number of carbonyl (C=O) groups is 1. The minimum absolute atomic E-state index is 0.0719. The average Bonchev–Trinajstić information content (AvgIpc) is 3.15. The molecule has 0 unspecified atom stereocenters. The van der Waals surface area contributed by atoms with E-state index in [4.69, 9.17) is 4.98 Å². The van der Waals surface area contributed by atoms with Gasteiger partial charge < -0.3 is 14.4 Å². The number of rotatable bonds is 3. The number of imidazole rings is 1. The van der Waals surface area contributed by atoms with Gasteiger partial charge in [-0.05, 0) is 48.9 Å². The molecule has 2 aromatic heterocycles. The quantitative estimate of drug-likeness (QED) is 0.513. The van der Waals surface area contributed by atoms with Crippen LogP contribution < -0.4 is 4.90 Å². The summed E-state index contributed by atoms with van der Waals surface area (Å²) in [6, 6.07) is 20.1. The first-order valence-corrected chi connectivity index (χ1v) is 10.6. The van der Waals surface area contributed by atoms with Crippen molar-refractivity contribution in [3.63, 3.8) is 0 Å². The first kappa shape index (κ1) is 19.3. The van der Waals surface area contributed by atoms with Crippen molar-refractivity contribution in [1.29, 1.82) is 0 Å². The highest BCUT2D eigenvalue weighted by atomic mass is 16.2. The molecule has 6 nitrogen and oxygen atoms in total. The Bertz CT molecular complexity index is 1250. The van der Waals surface area contributed by atoms with Gasteiger partial charge in [0.2, 0.25) is 0 Å². The number of aryl methyl sites for hydroxylation is 2. The molecule has 0 saturated carbocycles. The van der Waals surface area contributed by atoms with Gasteiger partial charge in [-0.2, -0.15) is 0 Å². The van der Waals surface area contributed by atoms with Crippen LogP contribution in [0.3, 0.4) is 0 Å². The normalized spacial score (nSPS) is 14.3. The highest BCUT2D eigenvalue weighted by Gasteiger charge is 2.23. The summed E-state index contributed by atoms with van der Waals surface area (Å²) >= 11 is 0. The van der Waals surface area contributed by atoms with E-state index in [0.717, 1.165) is 35.6 Å². The molecule has 1 aliphatic heterocycles. The third kappa shape index (κ3) is 3.65. The topological polar surface area (TPSA) is 54.3 Å². The molecule has 1 fully saturated rings. The maximum atomic E-state index is 13.2. The number of piperazine rings is 1. The lowest BCUT2D eigenvalue weighted by Gasteiger charge is -2.36. The SMILES string of the molecule is Cc1cccc(N2CCN(C(=O)c3cccc(-c4nc5cccnc5n4C)c3)CC2)c1. The van der Waals surface area contributed by atoms with Crippen LogP contribution >= 0.6 is 0 Å². The van der Waals surface area contributed by atoms with Gasteiger partial charge in [0.05, 0.1) is 0 Å². The zero-order valence-electron chi connectivity index (χ0n) is 17.8. The van der Waals surface area contributed by atoms with E-state index in [2.05, 4.69) is 41.1 Å². The molecule has 1 amide bonds. The molecule has 0 atom stereocenters. The second kappa shape index (κ2) is 7.87. The molecule has 2 aromatic carbocycles. The maximum absolute atomic E-state index is 13.2. The fraction of sp³-hybridized carbons (Fsp3) is 0.240. The molecule has 0 bridgehead atoms. The molecule has 6 heteroatoms. The fourth-order valence-corrected chi connectivity index (χ4v) is 4.25. The Labute approximate surface area is 181 Å². The molecular formula is C25H25N5O. The molecule has 0 radical (unpaired) electrons. The van der Waals surface area contributed by atoms with Crippen molar-refractivity contribution in [2.45, 2.75) is 6.92 Å². The molecule has 5 rings (SSSR count). The van der Waals surface area contributed by atoms with Crippen LogP contribution in [0.1, 0.15) is 15.9 Å². The number of carbonyl (C=O) groups excluding carboxylic acids is 1. The number of amides is 1. The summed E-state index contributed by atoms with van der Waals surface area (Å²) in [6.07, 6.45) is 1.77. The van der Waals surface area contributed by atoms with Crippen LogP contribution in [0.15, 0.2) is 66.9 Å². The Balaban J connectivity index is 1.34. The van der Waals surface area contributed by atoms with Crippen molar-refractivity contribution < 1.29 is 4.79 Å². The van der Waals surface area contributed by atoms with Gasteiger partial charge in [0.25, 0.3) is 5.91 Å². The smallest absolute Gasteiger partial charge is 0.253 e. The van der Waals surface area contributed by atoms with Gasteiger partial charge >= 0.3 is 0 Å². The summed E-state index contributed by atoms with van der Waals surface area (Å²) in [4.78, 5) is 26.6. The van der Waals surface area contributed by atoms with Crippen LogP contribution in [0.4, 0.5) is 5.69 Å². The summed E-state index contributed by atoms with van der Waals surface area (Å²) in [5, 5.41) is 0. The van der Waals surface area contributed by atoms with Crippen molar-refractivity contribution in [2.75, 3.05) is 31.1 Å². The van der Waals surface area contributed by atoms with Gasteiger partial charge in [-0.3, -0.25) is 4.79 Å². The van der Waals surface area contributed by atoms with Crippen molar-refractivity contribution in [1.82, 2.24) is 19.4 Å². The maximum Gasteiger partial charge on any atom is 0.253 e. The van der Waals surface area contributed by atoms with Gasteiger partial charge in [-0.15, -0.1) is 0 Å². The molecule has 1 saturated heterocycles. The number of hydrogen-bond donors (Lipinski definition) is 0. The summed E-state index contributed by atoms with van der Waals surface area (Å²) in [5.41, 5.74) is 5.78. The number of fused-ring (bicyclic) bond motifs is 1. The Morgan fingerprint density at radius 1 is 0.935 bits per heavy atom. The molecule has 1 aliphatic rings. The predicted octanol–water partition coefficient (Wildman–Crippen LogP) is 3.91. The van der Waals surface area contributed by atoms with Crippen molar-refractivity contribution in [3.8, 4) is 11.4 Å². The zero-order valence-corrected chi connectivity index (χ0v) is 17.8. The number of pyridine rings is 1. The molecular weight excluding hydrogens is 386 g/mol. The van der Waals surface area contributed by atoms with Crippen LogP contribution in [-0.4, -0.2) is 51.5 Å². The van der Waals surface area contributed by atoms with Crippen LogP contribution in [0.5, 0.6) is 0 Å². The fourth-order valence-electron chi connectivity index (χ4n) is 4.25. The molecule has 0 aliphatic carbocycles. The van der Waals surface area contributed by atoms with Crippen molar-refractivity contribution in [3.05, 3.63) is 78.0 Å². The third-order valence-corrected chi connectivity index (χ3v) is 5.93. The largest absolute Gasteiger partial charge is 0.368 e. The highest BCUT2D eigenvalue weighted by molar-refractivity contribution is 5.95. The lowest BCUT2D eigenvalue weighted by atomic mass is 10.1. The minimum Gasteiger partial charge on any atom is -0.368 e. The Hall–Kier alpha value is -3.67. The summed E-state index contributed by atoms with van der Waals surface area (Å²) in [6.45, 7) is 5.22. The molecule has 4 aromatic rings. The van der Waals surface area contributed by atoms with Gasteiger partial charge in [-0.1, -0.05) is 24.3 Å². The summed E-state index contributed by atoms with van der Waals surface area (Å²) in [7, 11) is 1.96. The molecule has 3 heterocycles. The lowest BCUT2D eigenvalue weighted by molar-refractivity contribution is 0.0747. The van der Waals surface area contributed by atoms with Crippen LogP contribution in [-0.2, 0) is 7.05 Å². The van der Waals surface area contributed by atoms with Crippen LogP contribution in [0.2, 0.25) is 0 Å². The Morgan fingerprint density at radius 3 is 2.52 bits per heavy atom. The van der Waals surface area contributed by atoms with E-state index in [1.165, 1.54) is 11.3 Å². The summed E-state index contributed by atoms with van der Waals surface area (Å²) < 4.78 is 1.97. The zero-order chi connectivity index (χ0) is 21.4. The molecule has 156 valence electrons. The van der Waals surface area contributed by atoms with Crippen LogP contribution in [0.25, 0.3) is 22.6 Å². The van der Waals surface area contributed by atoms with Gasteiger partial charge in [-0.25, -0.2) is 9.97 Å². The van der Waals surface area contributed by atoms with Gasteiger partial charge in [0.1, 0.15) is 11.3 Å². The number of aromatic nitrogens is 3. The Kier molecular flexibility index (Phi) is 4.90. The van der Waals surface area contributed by atoms with E-state index in [1.54, 1.807) is 6.20 Å². The van der Waals surface area contributed by atoms with Gasteiger partial charge in [0, 0.05) is 56.2 Å².